The van der Waals surface area contributed by atoms with Crippen molar-refractivity contribution in [3.8, 4) is 0 Å². The Morgan fingerprint density at radius 2 is 2.32 bits per heavy atom. The molecule has 1 aromatic rings. The summed E-state index contributed by atoms with van der Waals surface area (Å²) in [5.74, 6) is 0.273. The number of pyridine rings is 1. The Morgan fingerprint density at radius 1 is 1.53 bits per heavy atom. The van der Waals surface area contributed by atoms with Gasteiger partial charge in [-0.15, -0.1) is 0 Å². The number of methoxy groups -OCH3 is 1. The van der Waals surface area contributed by atoms with Crippen LogP contribution in [0.2, 0.25) is 0 Å². The van der Waals surface area contributed by atoms with Gasteiger partial charge in [-0.2, -0.15) is 0 Å². The number of hydrogen-bond acceptors (Lipinski definition) is 6. The van der Waals surface area contributed by atoms with E-state index in [1.54, 1.807) is 26.2 Å². The van der Waals surface area contributed by atoms with Crippen LogP contribution in [0.15, 0.2) is 18.3 Å². The molecule has 0 radical (unpaired) electrons. The lowest BCUT2D eigenvalue weighted by atomic mass is 10.2. The highest BCUT2D eigenvalue weighted by Gasteiger charge is 2.07. The van der Waals surface area contributed by atoms with Crippen LogP contribution < -0.4 is 5.32 Å². The van der Waals surface area contributed by atoms with Gasteiger partial charge < -0.3 is 19.9 Å². The largest absolute Gasteiger partial charge is 0.462 e. The summed E-state index contributed by atoms with van der Waals surface area (Å²) in [6.45, 7) is 3.00. The van der Waals surface area contributed by atoms with E-state index in [2.05, 4.69) is 10.3 Å². The number of nitrogens with one attached hydrogen (secondary N) is 1. The summed E-state index contributed by atoms with van der Waals surface area (Å²) in [6.07, 6.45) is 1.54. The van der Waals surface area contributed by atoms with Crippen LogP contribution in [0.1, 0.15) is 23.7 Å². The fourth-order valence-electron chi connectivity index (χ4n) is 1.48. The first-order valence-corrected chi connectivity index (χ1v) is 6.21. The van der Waals surface area contributed by atoms with Crippen molar-refractivity contribution in [3.05, 3.63) is 23.9 Å². The molecule has 1 unspecified atom stereocenters. The third-order valence-electron chi connectivity index (χ3n) is 2.42. The number of carbonyl (C=O) groups is 1. The number of aromatic nitrogens is 1. The molecule has 6 nitrogen and oxygen atoms in total. The van der Waals surface area contributed by atoms with Crippen LogP contribution in [-0.4, -0.2) is 49.0 Å². The number of aliphatic hydroxyl groups is 1. The molecule has 0 bridgehead atoms. The lowest BCUT2D eigenvalue weighted by Crippen LogP contribution is -2.18. The van der Waals surface area contributed by atoms with Crippen LogP contribution >= 0.6 is 0 Å². The van der Waals surface area contributed by atoms with Gasteiger partial charge in [0.25, 0.3) is 0 Å². The molecule has 0 spiro atoms. The summed E-state index contributed by atoms with van der Waals surface area (Å²) in [7, 11) is 1.55. The number of hydrogen-bond donors (Lipinski definition) is 2. The molecule has 0 amide bonds. The minimum absolute atomic E-state index is 0.316. The average molecular weight is 268 g/mol. The van der Waals surface area contributed by atoms with Crippen LogP contribution in [0.3, 0.4) is 0 Å². The second-order valence-corrected chi connectivity index (χ2v) is 3.98. The summed E-state index contributed by atoms with van der Waals surface area (Å²) in [5, 5.41) is 12.5. The summed E-state index contributed by atoms with van der Waals surface area (Å²) in [5.41, 5.74) is 0.423. The fraction of sp³-hybridized carbons (Fsp3) is 0.538. The van der Waals surface area contributed by atoms with Crippen molar-refractivity contribution in [1.82, 2.24) is 4.98 Å². The van der Waals surface area contributed by atoms with Gasteiger partial charge in [0.05, 0.1) is 24.9 Å². The molecule has 0 saturated carbocycles. The smallest absolute Gasteiger partial charge is 0.339 e. The summed E-state index contributed by atoms with van der Waals surface area (Å²) >= 11 is 0. The zero-order valence-electron chi connectivity index (χ0n) is 11.3. The first-order valence-electron chi connectivity index (χ1n) is 6.21. The number of rotatable bonds is 8. The molecule has 1 heterocycles. The van der Waals surface area contributed by atoms with E-state index in [0.717, 1.165) is 0 Å². The van der Waals surface area contributed by atoms with Gasteiger partial charge in [-0.3, -0.25) is 0 Å². The van der Waals surface area contributed by atoms with Gasteiger partial charge in [-0.25, -0.2) is 9.78 Å². The second-order valence-electron chi connectivity index (χ2n) is 3.98. The molecule has 0 fully saturated rings. The van der Waals surface area contributed by atoms with E-state index in [1.807, 2.05) is 0 Å². The van der Waals surface area contributed by atoms with E-state index in [4.69, 9.17) is 9.47 Å². The Morgan fingerprint density at radius 3 is 2.89 bits per heavy atom. The number of ether oxygens (including phenoxy) is 2. The minimum Gasteiger partial charge on any atom is -0.462 e. The van der Waals surface area contributed by atoms with Crippen molar-refractivity contribution in [2.75, 3.05) is 32.2 Å². The molecule has 0 aliphatic heterocycles. The van der Waals surface area contributed by atoms with Crippen LogP contribution in [0, 0.1) is 0 Å². The standard InChI is InChI=1S/C13H20N2O4/c1-3-19-13(17)10-4-5-12(15-8-10)14-7-6-11(16)9-18-2/h4-5,8,11,16H,3,6-7,9H2,1-2H3,(H,14,15). The van der Waals surface area contributed by atoms with Gasteiger partial charge in [-0.1, -0.05) is 0 Å². The number of carbonyl (C=O) groups excluding carboxylic acids is 1. The van der Waals surface area contributed by atoms with Crippen LogP contribution in [0.4, 0.5) is 5.82 Å². The maximum atomic E-state index is 11.4. The maximum absolute atomic E-state index is 11.4. The Labute approximate surface area is 112 Å². The van der Waals surface area contributed by atoms with Crippen molar-refractivity contribution >= 4 is 11.8 Å². The first kappa shape index (κ1) is 15.4. The predicted octanol–water partition coefficient (Wildman–Crippen LogP) is 1.07. The Bertz CT molecular complexity index is 381. The van der Waals surface area contributed by atoms with E-state index in [0.29, 0.717) is 37.6 Å². The average Bonchev–Trinajstić information content (AvgIpc) is 2.40. The molecule has 6 heteroatoms. The van der Waals surface area contributed by atoms with Crippen molar-refractivity contribution in [2.24, 2.45) is 0 Å². The first-order chi connectivity index (χ1) is 9.17. The monoisotopic (exact) mass is 268 g/mol. The van der Waals surface area contributed by atoms with E-state index in [-0.39, 0.29) is 5.97 Å². The summed E-state index contributed by atoms with van der Waals surface area (Å²) < 4.78 is 9.69. The third-order valence-corrected chi connectivity index (χ3v) is 2.42. The molecule has 0 aliphatic rings. The highest BCUT2D eigenvalue weighted by molar-refractivity contribution is 5.89. The molecule has 2 N–H and O–H groups in total. The lowest BCUT2D eigenvalue weighted by molar-refractivity contribution is 0.0526. The van der Waals surface area contributed by atoms with E-state index in [1.165, 1.54) is 6.20 Å². The molecule has 106 valence electrons. The zero-order chi connectivity index (χ0) is 14.1. The van der Waals surface area contributed by atoms with E-state index in [9.17, 15) is 9.90 Å². The van der Waals surface area contributed by atoms with Gasteiger partial charge in [-0.05, 0) is 25.5 Å². The number of esters is 1. The van der Waals surface area contributed by atoms with Gasteiger partial charge >= 0.3 is 5.97 Å². The van der Waals surface area contributed by atoms with E-state index >= 15 is 0 Å². The molecule has 1 aromatic heterocycles. The quantitative estimate of drug-likeness (QED) is 0.686. The molecular weight excluding hydrogens is 248 g/mol. The van der Waals surface area contributed by atoms with Crippen molar-refractivity contribution in [1.29, 1.82) is 0 Å². The summed E-state index contributed by atoms with van der Waals surface area (Å²) in [6, 6.07) is 3.36. The van der Waals surface area contributed by atoms with Crippen LogP contribution in [-0.2, 0) is 9.47 Å². The third kappa shape index (κ3) is 5.67. The highest BCUT2D eigenvalue weighted by Crippen LogP contribution is 2.07. The predicted molar refractivity (Wildman–Crippen MR) is 71.2 cm³/mol. The topological polar surface area (TPSA) is 80.7 Å². The van der Waals surface area contributed by atoms with Gasteiger partial charge in [0.15, 0.2) is 0 Å². The van der Waals surface area contributed by atoms with Gasteiger partial charge in [0.1, 0.15) is 5.82 Å². The van der Waals surface area contributed by atoms with E-state index < -0.39 is 6.10 Å². The Kier molecular flexibility index (Phi) is 6.84. The molecule has 0 aromatic carbocycles. The number of aliphatic hydroxyl groups excluding tert-OH is 1. The van der Waals surface area contributed by atoms with Crippen LogP contribution in [0.5, 0.6) is 0 Å². The normalized spacial score (nSPS) is 11.9. The Hall–Kier alpha value is -1.66. The van der Waals surface area contributed by atoms with Gasteiger partial charge in [0, 0.05) is 19.9 Å². The second kappa shape index (κ2) is 8.44. The lowest BCUT2D eigenvalue weighted by Gasteiger charge is -2.10. The van der Waals surface area contributed by atoms with Crippen LogP contribution in [0.25, 0.3) is 0 Å². The highest BCUT2D eigenvalue weighted by atomic mass is 16.5. The minimum atomic E-state index is -0.490. The van der Waals surface area contributed by atoms with Crippen molar-refractivity contribution in [2.45, 2.75) is 19.4 Å². The summed E-state index contributed by atoms with van der Waals surface area (Å²) in [4.78, 5) is 15.5. The molecule has 19 heavy (non-hydrogen) atoms. The SMILES string of the molecule is CCOC(=O)c1ccc(NCCC(O)COC)nc1. The molecule has 0 aliphatic carbocycles. The van der Waals surface area contributed by atoms with Crippen molar-refractivity contribution in [3.63, 3.8) is 0 Å². The molecule has 1 atom stereocenters. The Balaban J connectivity index is 2.38. The maximum Gasteiger partial charge on any atom is 0.339 e. The number of nitrogens with zero attached hydrogens (tertiary/aromatic N) is 1. The zero-order valence-corrected chi connectivity index (χ0v) is 11.3. The molecular formula is C13H20N2O4. The molecule has 1 rings (SSSR count). The molecule has 0 saturated heterocycles. The van der Waals surface area contributed by atoms with Gasteiger partial charge in [0.2, 0.25) is 0 Å². The fourth-order valence-corrected chi connectivity index (χ4v) is 1.48. The van der Waals surface area contributed by atoms with Crippen molar-refractivity contribution < 1.29 is 19.4 Å². The number of anilines is 1.